The molecule has 0 aliphatic carbocycles. The lowest BCUT2D eigenvalue weighted by atomic mass is 10.1. The Balaban J connectivity index is 1.78. The molecule has 8 nitrogen and oxygen atoms in total. The van der Waals surface area contributed by atoms with Crippen molar-refractivity contribution in [3.8, 4) is 5.75 Å². The van der Waals surface area contributed by atoms with E-state index in [1.807, 2.05) is 19.1 Å². The number of carbonyl (C=O) groups excluding carboxylic acids is 1. The van der Waals surface area contributed by atoms with E-state index in [1.54, 1.807) is 43.7 Å². The van der Waals surface area contributed by atoms with Crippen LogP contribution in [0.25, 0.3) is 11.6 Å². The molecule has 3 aromatic rings. The zero-order valence-electron chi connectivity index (χ0n) is 15.8. The predicted molar refractivity (Wildman–Crippen MR) is 109 cm³/mol. The van der Waals surface area contributed by atoms with Crippen molar-refractivity contribution < 1.29 is 19.1 Å². The maximum atomic E-state index is 12.5. The Morgan fingerprint density at radius 1 is 1.28 bits per heavy atom. The summed E-state index contributed by atoms with van der Waals surface area (Å²) in [6.45, 7) is 3.71. The van der Waals surface area contributed by atoms with Gasteiger partial charge >= 0.3 is 5.97 Å². The number of aliphatic imine (C=N–C) groups is 1. The molecule has 8 heteroatoms. The molecular weight excluding hydrogens is 372 g/mol. The van der Waals surface area contributed by atoms with Gasteiger partial charge in [0, 0.05) is 29.7 Å². The average Bonchev–Trinajstić information content (AvgIpc) is 3.25. The third kappa shape index (κ3) is 3.47. The molecule has 0 unspecified atom stereocenters. The maximum absolute atomic E-state index is 12.5. The number of aromatic hydroxyl groups is 1. The van der Waals surface area contributed by atoms with Crippen LogP contribution in [0.2, 0.25) is 0 Å². The van der Waals surface area contributed by atoms with Crippen LogP contribution in [0.5, 0.6) is 5.75 Å². The number of rotatable bonds is 5. The fourth-order valence-electron chi connectivity index (χ4n) is 2.92. The SMILES string of the molecule is CCOC(=O)c1c(Nc2ncccc2C)oc(C=C2C=Nc3ncccc32)c1O. The number of esters is 1. The van der Waals surface area contributed by atoms with Gasteiger partial charge in [-0.3, -0.25) is 0 Å². The zero-order valence-corrected chi connectivity index (χ0v) is 15.8. The number of carbonyl (C=O) groups is 1. The molecule has 0 radical (unpaired) electrons. The molecule has 29 heavy (non-hydrogen) atoms. The first-order valence-electron chi connectivity index (χ1n) is 9.01. The Bertz CT molecular complexity index is 1150. The summed E-state index contributed by atoms with van der Waals surface area (Å²) in [5.74, 6) is 0.216. The van der Waals surface area contributed by atoms with Gasteiger partial charge in [0.05, 0.1) is 6.61 Å². The number of allylic oxidation sites excluding steroid dienone is 1. The van der Waals surface area contributed by atoms with Gasteiger partial charge in [-0.15, -0.1) is 0 Å². The molecule has 146 valence electrons. The Labute approximate surface area is 166 Å². The van der Waals surface area contributed by atoms with Gasteiger partial charge in [0.25, 0.3) is 0 Å². The van der Waals surface area contributed by atoms with E-state index in [2.05, 4.69) is 20.3 Å². The lowest BCUT2D eigenvalue weighted by molar-refractivity contribution is 0.0524. The Morgan fingerprint density at radius 2 is 2.07 bits per heavy atom. The molecule has 0 saturated carbocycles. The zero-order chi connectivity index (χ0) is 20.4. The van der Waals surface area contributed by atoms with E-state index in [9.17, 15) is 9.90 Å². The van der Waals surface area contributed by atoms with Gasteiger partial charge in [-0.1, -0.05) is 6.07 Å². The molecule has 4 heterocycles. The van der Waals surface area contributed by atoms with E-state index in [1.165, 1.54) is 0 Å². The smallest absolute Gasteiger partial charge is 0.347 e. The monoisotopic (exact) mass is 390 g/mol. The Kier molecular flexibility index (Phi) is 4.82. The standard InChI is InChI=1S/C21H18N4O4/c1-3-28-21(27)16-17(26)15(10-13-11-24-19-14(13)7-5-9-23-19)29-20(16)25-18-12(2)6-4-8-22-18/h4-11,26H,3H2,1-2H3,(H,22,25). The topological polar surface area (TPSA) is 110 Å². The number of fused-ring (bicyclic) bond motifs is 1. The van der Waals surface area contributed by atoms with Crippen LogP contribution < -0.4 is 5.32 Å². The molecule has 2 N–H and O–H groups in total. The predicted octanol–water partition coefficient (Wildman–Crippen LogP) is 4.26. The van der Waals surface area contributed by atoms with Gasteiger partial charge < -0.3 is 19.6 Å². The first-order valence-corrected chi connectivity index (χ1v) is 9.01. The molecule has 1 aliphatic heterocycles. The van der Waals surface area contributed by atoms with Crippen molar-refractivity contribution in [2.45, 2.75) is 13.8 Å². The summed E-state index contributed by atoms with van der Waals surface area (Å²) in [6, 6.07) is 7.32. The largest absolute Gasteiger partial charge is 0.504 e. The molecule has 0 amide bonds. The highest BCUT2D eigenvalue weighted by atomic mass is 16.5. The van der Waals surface area contributed by atoms with Crippen molar-refractivity contribution in [3.63, 3.8) is 0 Å². The van der Waals surface area contributed by atoms with Crippen molar-refractivity contribution in [2.75, 3.05) is 11.9 Å². The number of nitrogens with zero attached hydrogens (tertiary/aromatic N) is 3. The Hall–Kier alpha value is -3.94. The molecule has 0 saturated heterocycles. The van der Waals surface area contributed by atoms with E-state index in [4.69, 9.17) is 9.15 Å². The molecular formula is C21H18N4O4. The lowest BCUT2D eigenvalue weighted by Gasteiger charge is -2.07. The fraction of sp³-hybridized carbons (Fsp3) is 0.143. The summed E-state index contributed by atoms with van der Waals surface area (Å²) >= 11 is 0. The van der Waals surface area contributed by atoms with Crippen LogP contribution in [-0.2, 0) is 4.74 Å². The number of hydrogen-bond donors (Lipinski definition) is 2. The molecule has 0 fully saturated rings. The van der Waals surface area contributed by atoms with Crippen molar-refractivity contribution in [1.29, 1.82) is 0 Å². The first-order chi connectivity index (χ1) is 14.1. The molecule has 1 aliphatic rings. The minimum Gasteiger partial charge on any atom is -0.504 e. The van der Waals surface area contributed by atoms with Crippen molar-refractivity contribution in [3.05, 3.63) is 59.1 Å². The summed E-state index contributed by atoms with van der Waals surface area (Å²) in [4.78, 5) is 25.1. The maximum Gasteiger partial charge on any atom is 0.347 e. The van der Waals surface area contributed by atoms with Crippen LogP contribution in [0.15, 0.2) is 46.1 Å². The fourth-order valence-corrected chi connectivity index (χ4v) is 2.92. The van der Waals surface area contributed by atoms with Crippen LogP contribution in [0, 0.1) is 6.92 Å². The highest BCUT2D eigenvalue weighted by Gasteiger charge is 2.27. The normalized spacial score (nSPS) is 13.5. The van der Waals surface area contributed by atoms with Crippen LogP contribution >= 0.6 is 0 Å². The van der Waals surface area contributed by atoms with Gasteiger partial charge in [0.2, 0.25) is 5.88 Å². The average molecular weight is 390 g/mol. The second kappa shape index (κ2) is 7.59. The molecule has 0 atom stereocenters. The highest BCUT2D eigenvalue weighted by molar-refractivity contribution is 6.21. The molecule has 3 aromatic heterocycles. The molecule has 0 spiro atoms. The number of ether oxygens (including phenoxy) is 1. The number of nitrogens with one attached hydrogen (secondary N) is 1. The van der Waals surface area contributed by atoms with Crippen LogP contribution in [0.3, 0.4) is 0 Å². The van der Waals surface area contributed by atoms with Crippen molar-refractivity contribution >= 4 is 41.4 Å². The minimum atomic E-state index is -0.698. The van der Waals surface area contributed by atoms with E-state index < -0.39 is 5.97 Å². The molecule has 0 aromatic carbocycles. The minimum absolute atomic E-state index is 0.0518. The molecule has 4 rings (SSSR count). The van der Waals surface area contributed by atoms with Gasteiger partial charge in [-0.25, -0.2) is 19.8 Å². The number of anilines is 2. The second-order valence-electron chi connectivity index (χ2n) is 6.27. The van der Waals surface area contributed by atoms with Crippen LogP contribution in [-0.4, -0.2) is 33.9 Å². The highest BCUT2D eigenvalue weighted by Crippen LogP contribution is 2.39. The summed E-state index contributed by atoms with van der Waals surface area (Å²) in [6.07, 6.45) is 6.49. The lowest BCUT2D eigenvalue weighted by Crippen LogP contribution is -2.07. The van der Waals surface area contributed by atoms with E-state index >= 15 is 0 Å². The number of aromatic nitrogens is 2. The Morgan fingerprint density at radius 3 is 2.86 bits per heavy atom. The van der Waals surface area contributed by atoms with Gasteiger partial charge in [-0.05, 0) is 43.7 Å². The first kappa shape index (κ1) is 18.4. The van der Waals surface area contributed by atoms with Crippen LogP contribution in [0.4, 0.5) is 17.5 Å². The summed E-state index contributed by atoms with van der Waals surface area (Å²) in [5, 5.41) is 13.7. The van der Waals surface area contributed by atoms with E-state index in [0.717, 1.165) is 11.1 Å². The second-order valence-corrected chi connectivity index (χ2v) is 6.27. The van der Waals surface area contributed by atoms with E-state index in [-0.39, 0.29) is 29.6 Å². The quantitative estimate of drug-likeness (QED) is 0.626. The number of furan rings is 1. The third-order valence-electron chi connectivity index (χ3n) is 4.34. The number of pyridine rings is 2. The van der Waals surface area contributed by atoms with Gasteiger partial charge in [0.1, 0.15) is 5.82 Å². The summed E-state index contributed by atoms with van der Waals surface area (Å²) in [5.41, 5.74) is 2.26. The van der Waals surface area contributed by atoms with E-state index in [0.29, 0.717) is 17.2 Å². The van der Waals surface area contributed by atoms with Crippen LogP contribution in [0.1, 0.15) is 34.2 Å². The van der Waals surface area contributed by atoms with Gasteiger partial charge in [-0.2, -0.15) is 0 Å². The van der Waals surface area contributed by atoms with Crippen molar-refractivity contribution in [2.24, 2.45) is 4.99 Å². The van der Waals surface area contributed by atoms with Crippen molar-refractivity contribution in [1.82, 2.24) is 9.97 Å². The summed E-state index contributed by atoms with van der Waals surface area (Å²) < 4.78 is 10.9. The number of aryl methyl sites for hydroxylation is 1. The third-order valence-corrected chi connectivity index (χ3v) is 4.34. The molecule has 0 bridgehead atoms. The van der Waals surface area contributed by atoms with Gasteiger partial charge in [0.15, 0.2) is 22.9 Å². The summed E-state index contributed by atoms with van der Waals surface area (Å²) in [7, 11) is 0. The number of hydrogen-bond acceptors (Lipinski definition) is 8.